The third-order valence-electron chi connectivity index (χ3n) is 3.87. The van der Waals surface area contributed by atoms with Crippen LogP contribution in [-0.2, 0) is 16.1 Å². The number of aryl methyl sites for hydroxylation is 1. The van der Waals surface area contributed by atoms with Gasteiger partial charge in [0, 0.05) is 13.0 Å². The first-order valence-electron chi connectivity index (χ1n) is 6.57. The van der Waals surface area contributed by atoms with Crippen molar-refractivity contribution in [2.45, 2.75) is 39.2 Å². The average Bonchev–Trinajstić information content (AvgIpc) is 2.32. The molecule has 1 aliphatic rings. The predicted octanol–water partition coefficient (Wildman–Crippen LogP) is 2.26. The minimum Gasteiger partial charge on any atom is -0.481 e. The highest BCUT2D eigenvalue weighted by Crippen LogP contribution is 2.44. The molecule has 0 atom stereocenters. The normalized spacial score (nSPS) is 16.5. The molecular formula is C15H19NO3. The second-order valence-electron chi connectivity index (χ2n) is 5.38. The zero-order valence-electron chi connectivity index (χ0n) is 11.1. The Morgan fingerprint density at radius 1 is 1.26 bits per heavy atom. The maximum absolute atomic E-state index is 11.8. The van der Waals surface area contributed by atoms with E-state index < -0.39 is 11.4 Å². The minimum absolute atomic E-state index is 0.0915. The smallest absolute Gasteiger partial charge is 0.310 e. The molecule has 0 heterocycles. The molecule has 1 amide bonds. The second kappa shape index (κ2) is 5.43. The van der Waals surface area contributed by atoms with Crippen molar-refractivity contribution >= 4 is 11.9 Å². The van der Waals surface area contributed by atoms with Crippen molar-refractivity contribution < 1.29 is 14.7 Å². The molecule has 4 nitrogen and oxygen atoms in total. The number of carbonyl (C=O) groups is 2. The number of benzene rings is 1. The molecule has 0 unspecified atom stereocenters. The molecule has 1 aromatic carbocycles. The lowest BCUT2D eigenvalue weighted by Crippen LogP contribution is -2.42. The molecule has 0 saturated heterocycles. The van der Waals surface area contributed by atoms with Gasteiger partial charge in [0.1, 0.15) is 0 Å². The van der Waals surface area contributed by atoms with Crippen molar-refractivity contribution in [1.82, 2.24) is 5.32 Å². The van der Waals surface area contributed by atoms with E-state index in [-0.39, 0.29) is 12.3 Å². The Morgan fingerprint density at radius 3 is 2.37 bits per heavy atom. The van der Waals surface area contributed by atoms with Crippen LogP contribution in [0.5, 0.6) is 0 Å². The van der Waals surface area contributed by atoms with Gasteiger partial charge < -0.3 is 10.4 Å². The molecule has 1 aliphatic carbocycles. The average molecular weight is 261 g/mol. The number of carboxylic acid groups (broad SMARTS) is 1. The standard InChI is InChI=1S/C15H19NO3/c1-11-3-5-12(6-4-11)10-16-13(17)9-15(14(18)19)7-2-8-15/h3-6H,2,7-10H2,1H3,(H,16,17)(H,18,19). The molecule has 0 spiro atoms. The number of rotatable bonds is 5. The highest BCUT2D eigenvalue weighted by molar-refractivity contribution is 5.85. The summed E-state index contributed by atoms with van der Waals surface area (Å²) in [5, 5.41) is 12.0. The maximum Gasteiger partial charge on any atom is 0.310 e. The summed E-state index contributed by atoms with van der Waals surface area (Å²) in [6.07, 6.45) is 2.21. The van der Waals surface area contributed by atoms with Gasteiger partial charge in [0.25, 0.3) is 0 Å². The van der Waals surface area contributed by atoms with Gasteiger partial charge >= 0.3 is 5.97 Å². The van der Waals surface area contributed by atoms with Gasteiger partial charge in [-0.25, -0.2) is 0 Å². The number of carbonyl (C=O) groups excluding carboxylic acids is 1. The maximum atomic E-state index is 11.8. The van der Waals surface area contributed by atoms with Crippen LogP contribution in [0.15, 0.2) is 24.3 Å². The molecule has 102 valence electrons. The molecule has 0 bridgehead atoms. The monoisotopic (exact) mass is 261 g/mol. The SMILES string of the molecule is Cc1ccc(CNC(=O)CC2(C(=O)O)CCC2)cc1. The molecule has 4 heteroatoms. The van der Waals surface area contributed by atoms with Gasteiger partial charge in [-0.1, -0.05) is 36.2 Å². The van der Waals surface area contributed by atoms with Crippen LogP contribution in [0.1, 0.15) is 36.8 Å². The third kappa shape index (κ3) is 3.13. The highest BCUT2D eigenvalue weighted by atomic mass is 16.4. The fraction of sp³-hybridized carbons (Fsp3) is 0.467. The van der Waals surface area contributed by atoms with Crippen molar-refractivity contribution in [3.05, 3.63) is 35.4 Å². The molecule has 1 aromatic rings. The Labute approximate surface area is 112 Å². The molecule has 0 aliphatic heterocycles. The van der Waals surface area contributed by atoms with Gasteiger partial charge in [0.15, 0.2) is 0 Å². The Morgan fingerprint density at radius 2 is 1.89 bits per heavy atom. The summed E-state index contributed by atoms with van der Waals surface area (Å²) in [5.74, 6) is -1.02. The second-order valence-corrected chi connectivity index (χ2v) is 5.38. The van der Waals surface area contributed by atoms with Crippen LogP contribution < -0.4 is 5.32 Å². The molecule has 1 saturated carbocycles. The van der Waals surface area contributed by atoms with Crippen molar-refractivity contribution in [1.29, 1.82) is 0 Å². The van der Waals surface area contributed by atoms with Crippen molar-refractivity contribution in [3.8, 4) is 0 Å². The first kappa shape index (κ1) is 13.6. The lowest BCUT2D eigenvalue weighted by atomic mass is 9.66. The van der Waals surface area contributed by atoms with Crippen LogP contribution in [0.4, 0.5) is 0 Å². The van der Waals surface area contributed by atoms with E-state index in [2.05, 4.69) is 5.32 Å². The zero-order valence-corrected chi connectivity index (χ0v) is 11.1. The van der Waals surface area contributed by atoms with Gasteiger partial charge in [0.05, 0.1) is 5.41 Å². The first-order valence-corrected chi connectivity index (χ1v) is 6.57. The number of hydrogen-bond acceptors (Lipinski definition) is 2. The van der Waals surface area contributed by atoms with E-state index in [0.29, 0.717) is 19.4 Å². The molecule has 1 fully saturated rings. The Bertz CT molecular complexity index is 475. The van der Waals surface area contributed by atoms with Gasteiger partial charge in [0.2, 0.25) is 5.91 Å². The van der Waals surface area contributed by atoms with E-state index in [1.807, 2.05) is 31.2 Å². The quantitative estimate of drug-likeness (QED) is 0.854. The van der Waals surface area contributed by atoms with E-state index >= 15 is 0 Å². The highest BCUT2D eigenvalue weighted by Gasteiger charge is 2.45. The summed E-state index contributed by atoms with van der Waals surface area (Å²) in [6, 6.07) is 7.91. The minimum atomic E-state index is -0.843. The van der Waals surface area contributed by atoms with E-state index in [0.717, 1.165) is 12.0 Å². The van der Waals surface area contributed by atoms with Gasteiger partial charge in [-0.15, -0.1) is 0 Å². The van der Waals surface area contributed by atoms with Crippen molar-refractivity contribution in [2.75, 3.05) is 0 Å². The number of aliphatic carboxylic acids is 1. The predicted molar refractivity (Wildman–Crippen MR) is 71.6 cm³/mol. The molecule has 19 heavy (non-hydrogen) atoms. The fourth-order valence-corrected chi connectivity index (χ4v) is 2.35. The summed E-state index contributed by atoms with van der Waals surface area (Å²) < 4.78 is 0. The lowest BCUT2D eigenvalue weighted by molar-refractivity contribution is -0.157. The van der Waals surface area contributed by atoms with Gasteiger partial charge in [-0.2, -0.15) is 0 Å². The van der Waals surface area contributed by atoms with Crippen LogP contribution in [0.25, 0.3) is 0 Å². The van der Waals surface area contributed by atoms with Gasteiger partial charge in [-0.05, 0) is 25.3 Å². The van der Waals surface area contributed by atoms with Gasteiger partial charge in [-0.3, -0.25) is 9.59 Å². The van der Waals surface area contributed by atoms with E-state index in [4.69, 9.17) is 5.11 Å². The van der Waals surface area contributed by atoms with Crippen LogP contribution >= 0.6 is 0 Å². The fourth-order valence-electron chi connectivity index (χ4n) is 2.35. The molecule has 2 rings (SSSR count). The van der Waals surface area contributed by atoms with Crippen LogP contribution in [0.3, 0.4) is 0 Å². The Hall–Kier alpha value is -1.84. The van der Waals surface area contributed by atoms with Crippen LogP contribution in [-0.4, -0.2) is 17.0 Å². The summed E-state index contributed by atoms with van der Waals surface area (Å²) in [5.41, 5.74) is 1.39. The summed E-state index contributed by atoms with van der Waals surface area (Å²) in [6.45, 7) is 2.46. The number of amides is 1. The van der Waals surface area contributed by atoms with E-state index in [1.54, 1.807) is 0 Å². The summed E-state index contributed by atoms with van der Waals surface area (Å²) in [4.78, 5) is 23.0. The van der Waals surface area contributed by atoms with Crippen LogP contribution in [0, 0.1) is 12.3 Å². The Balaban J connectivity index is 1.85. The number of carboxylic acids is 1. The third-order valence-corrected chi connectivity index (χ3v) is 3.87. The van der Waals surface area contributed by atoms with E-state index in [9.17, 15) is 9.59 Å². The summed E-state index contributed by atoms with van der Waals surface area (Å²) in [7, 11) is 0. The molecule has 2 N–H and O–H groups in total. The van der Waals surface area contributed by atoms with Crippen molar-refractivity contribution in [3.63, 3.8) is 0 Å². The molecule has 0 radical (unpaired) electrons. The van der Waals surface area contributed by atoms with Crippen LogP contribution in [0.2, 0.25) is 0 Å². The van der Waals surface area contributed by atoms with E-state index in [1.165, 1.54) is 5.56 Å². The molecular weight excluding hydrogens is 242 g/mol. The zero-order chi connectivity index (χ0) is 13.9. The first-order chi connectivity index (χ1) is 9.02. The number of hydrogen-bond donors (Lipinski definition) is 2. The topological polar surface area (TPSA) is 66.4 Å². The lowest BCUT2D eigenvalue weighted by Gasteiger charge is -2.36. The number of nitrogens with one attached hydrogen (secondary N) is 1. The largest absolute Gasteiger partial charge is 0.481 e. The van der Waals surface area contributed by atoms with Crippen molar-refractivity contribution in [2.24, 2.45) is 5.41 Å². The molecule has 0 aromatic heterocycles. The summed E-state index contributed by atoms with van der Waals surface area (Å²) >= 11 is 0. The Kier molecular flexibility index (Phi) is 3.88.